The Kier molecular flexibility index (Phi) is 7.43. The van der Waals surface area contributed by atoms with Crippen LogP contribution in [0.1, 0.15) is 27.7 Å². The van der Waals surface area contributed by atoms with Gasteiger partial charge in [0.1, 0.15) is 6.10 Å². The number of hydrogen-bond acceptors (Lipinski definition) is 3. The molecule has 1 N–H and O–H groups in total. The molecule has 92 valence electrons. The lowest BCUT2D eigenvalue weighted by atomic mass is 10.2. The minimum absolute atomic E-state index is 0.00785. The van der Waals surface area contributed by atoms with E-state index in [1.54, 1.807) is 7.11 Å². The number of hydrogen-bond donors (Lipinski definition) is 1. The number of aliphatic hydroxyl groups is 1. The quantitative estimate of drug-likeness (QED) is 0.656. The van der Waals surface area contributed by atoms with Crippen LogP contribution in [0.2, 0.25) is 18.1 Å². The molecule has 0 radical (unpaired) electrons. The molecular weight excluding hydrogens is 208 g/mol. The van der Waals surface area contributed by atoms with Gasteiger partial charge in [-0.3, -0.25) is 0 Å². The molecule has 3 nitrogen and oxygen atoms in total. The normalized spacial score (nSPS) is 16.4. The molecule has 15 heavy (non-hydrogen) atoms. The highest BCUT2D eigenvalue weighted by Gasteiger charge is 2.32. The van der Waals surface area contributed by atoms with E-state index in [2.05, 4.69) is 20.8 Å². The van der Waals surface area contributed by atoms with Crippen molar-refractivity contribution in [3.05, 3.63) is 0 Å². The summed E-state index contributed by atoms with van der Waals surface area (Å²) in [6.45, 7) is 8.62. The maximum absolute atomic E-state index is 9.12. The molecule has 0 unspecified atom stereocenters. The molecule has 0 aliphatic rings. The summed E-state index contributed by atoms with van der Waals surface area (Å²) >= 11 is 0. The summed E-state index contributed by atoms with van der Waals surface area (Å²) < 4.78 is 11.4. The van der Waals surface area contributed by atoms with Gasteiger partial charge in [-0.25, -0.2) is 0 Å². The van der Waals surface area contributed by atoms with Crippen molar-refractivity contribution in [3.8, 4) is 0 Å². The first-order valence-corrected chi connectivity index (χ1v) is 8.43. The summed E-state index contributed by atoms with van der Waals surface area (Å²) in [5.41, 5.74) is 0. The highest BCUT2D eigenvalue weighted by molar-refractivity contribution is 6.73. The Bertz CT molecular complexity index is 148. The third-order valence-corrected chi connectivity index (χ3v) is 8.11. The molecule has 0 saturated heterocycles. The van der Waals surface area contributed by atoms with Crippen molar-refractivity contribution in [3.63, 3.8) is 0 Å². The number of methoxy groups -OCH3 is 1. The van der Waals surface area contributed by atoms with Gasteiger partial charge in [0.15, 0.2) is 8.32 Å². The standard InChI is InChI=1S/C11H26O3Si/c1-6-15(7-2,8-3)14-10(4)11(9-12)13-5/h10-12H,6-9H2,1-5H3/t10-,11+/m0/s1. The Morgan fingerprint density at radius 2 is 1.60 bits per heavy atom. The van der Waals surface area contributed by atoms with Crippen LogP contribution in [0.4, 0.5) is 0 Å². The van der Waals surface area contributed by atoms with Crippen LogP contribution in [-0.4, -0.2) is 39.3 Å². The summed E-state index contributed by atoms with van der Waals surface area (Å²) in [4.78, 5) is 0. The Morgan fingerprint density at radius 1 is 1.13 bits per heavy atom. The van der Waals surface area contributed by atoms with Gasteiger partial charge in [-0.15, -0.1) is 0 Å². The second-order valence-electron chi connectivity index (χ2n) is 4.02. The van der Waals surface area contributed by atoms with E-state index in [4.69, 9.17) is 14.3 Å². The highest BCUT2D eigenvalue weighted by Crippen LogP contribution is 2.24. The van der Waals surface area contributed by atoms with Crippen LogP contribution in [0, 0.1) is 0 Å². The zero-order valence-corrected chi connectivity index (χ0v) is 11.7. The molecule has 0 rings (SSSR count). The molecule has 0 aromatic carbocycles. The molecule has 0 aromatic heterocycles. The lowest BCUT2D eigenvalue weighted by Gasteiger charge is -2.34. The molecule has 0 saturated carbocycles. The monoisotopic (exact) mass is 234 g/mol. The topological polar surface area (TPSA) is 38.7 Å². The van der Waals surface area contributed by atoms with Crippen LogP contribution in [0.3, 0.4) is 0 Å². The van der Waals surface area contributed by atoms with Gasteiger partial charge in [-0.1, -0.05) is 20.8 Å². The van der Waals surface area contributed by atoms with E-state index >= 15 is 0 Å². The summed E-state index contributed by atoms with van der Waals surface area (Å²) in [5, 5.41) is 9.12. The molecule has 0 bridgehead atoms. The van der Waals surface area contributed by atoms with E-state index in [1.807, 2.05) is 6.92 Å². The van der Waals surface area contributed by atoms with E-state index < -0.39 is 8.32 Å². The predicted octanol–water partition coefficient (Wildman–Crippen LogP) is 2.40. The zero-order valence-electron chi connectivity index (χ0n) is 10.7. The predicted molar refractivity (Wildman–Crippen MR) is 65.6 cm³/mol. The van der Waals surface area contributed by atoms with Crippen LogP contribution in [-0.2, 0) is 9.16 Å². The lowest BCUT2D eigenvalue weighted by Crippen LogP contribution is -2.44. The largest absolute Gasteiger partial charge is 0.411 e. The minimum atomic E-state index is -1.57. The van der Waals surface area contributed by atoms with Crippen molar-refractivity contribution < 1.29 is 14.3 Å². The van der Waals surface area contributed by atoms with E-state index in [0.29, 0.717) is 0 Å². The van der Waals surface area contributed by atoms with Crippen molar-refractivity contribution in [1.29, 1.82) is 0 Å². The molecule has 0 aliphatic carbocycles. The van der Waals surface area contributed by atoms with Gasteiger partial charge in [0, 0.05) is 7.11 Å². The zero-order chi connectivity index (χ0) is 11.9. The molecule has 0 amide bonds. The van der Waals surface area contributed by atoms with Crippen molar-refractivity contribution >= 4 is 8.32 Å². The van der Waals surface area contributed by atoms with Crippen molar-refractivity contribution in [2.75, 3.05) is 13.7 Å². The van der Waals surface area contributed by atoms with Gasteiger partial charge in [0.05, 0.1) is 12.7 Å². The fraction of sp³-hybridized carbons (Fsp3) is 1.00. The molecule has 0 aromatic rings. The number of ether oxygens (including phenoxy) is 1. The minimum Gasteiger partial charge on any atom is -0.411 e. The molecule has 0 fully saturated rings. The Labute approximate surface area is 94.9 Å². The second-order valence-corrected chi connectivity index (χ2v) is 8.75. The maximum Gasteiger partial charge on any atom is 0.192 e. The van der Waals surface area contributed by atoms with Crippen molar-refractivity contribution in [2.24, 2.45) is 0 Å². The first-order valence-electron chi connectivity index (χ1n) is 5.90. The third kappa shape index (κ3) is 4.22. The van der Waals surface area contributed by atoms with Crippen LogP contribution < -0.4 is 0 Å². The fourth-order valence-corrected chi connectivity index (χ4v) is 4.83. The molecular formula is C11H26O3Si. The van der Waals surface area contributed by atoms with Gasteiger partial charge in [-0.2, -0.15) is 0 Å². The summed E-state index contributed by atoms with van der Waals surface area (Å²) in [5.74, 6) is 0. The van der Waals surface area contributed by atoms with Gasteiger partial charge < -0.3 is 14.3 Å². The first-order chi connectivity index (χ1) is 7.09. The fourth-order valence-electron chi connectivity index (χ4n) is 1.88. The molecule has 0 spiro atoms. The van der Waals surface area contributed by atoms with Crippen molar-refractivity contribution in [2.45, 2.75) is 58.0 Å². The molecule has 0 heterocycles. The maximum atomic E-state index is 9.12. The molecule has 4 heteroatoms. The summed E-state index contributed by atoms with van der Waals surface area (Å²) in [6, 6.07) is 3.39. The van der Waals surface area contributed by atoms with E-state index in [9.17, 15) is 0 Å². The number of aliphatic hydroxyl groups excluding tert-OH is 1. The summed E-state index contributed by atoms with van der Waals surface area (Å²) in [6.07, 6.45) is -0.201. The lowest BCUT2D eigenvalue weighted by molar-refractivity contribution is -0.0265. The van der Waals surface area contributed by atoms with Gasteiger partial charge >= 0.3 is 0 Å². The SMILES string of the molecule is CC[Si](CC)(CC)O[C@@H](C)[C@@H](CO)OC. The summed E-state index contributed by atoms with van der Waals surface area (Å²) in [7, 11) is 0.0520. The molecule has 0 aliphatic heterocycles. The van der Waals surface area contributed by atoms with Crippen LogP contribution >= 0.6 is 0 Å². The smallest absolute Gasteiger partial charge is 0.192 e. The van der Waals surface area contributed by atoms with E-state index in [1.165, 1.54) is 0 Å². The van der Waals surface area contributed by atoms with Gasteiger partial charge in [0.2, 0.25) is 0 Å². The van der Waals surface area contributed by atoms with Gasteiger partial charge in [-0.05, 0) is 25.1 Å². The second kappa shape index (κ2) is 7.38. The van der Waals surface area contributed by atoms with Crippen molar-refractivity contribution in [1.82, 2.24) is 0 Å². The third-order valence-electron chi connectivity index (χ3n) is 3.38. The first kappa shape index (κ1) is 15.1. The average Bonchev–Trinajstić information content (AvgIpc) is 2.28. The van der Waals surface area contributed by atoms with Crippen LogP contribution in [0.15, 0.2) is 0 Å². The Morgan fingerprint density at radius 3 is 1.87 bits per heavy atom. The molecule has 2 atom stereocenters. The Hall–Kier alpha value is 0.0969. The average molecular weight is 234 g/mol. The van der Waals surface area contributed by atoms with E-state index in [0.717, 1.165) is 18.1 Å². The Balaban J connectivity index is 4.39. The number of rotatable bonds is 8. The van der Waals surface area contributed by atoms with Crippen LogP contribution in [0.5, 0.6) is 0 Å². The van der Waals surface area contributed by atoms with E-state index in [-0.39, 0.29) is 18.8 Å². The van der Waals surface area contributed by atoms with Gasteiger partial charge in [0.25, 0.3) is 0 Å². The highest BCUT2D eigenvalue weighted by atomic mass is 28.4. The van der Waals surface area contributed by atoms with Crippen LogP contribution in [0.25, 0.3) is 0 Å².